The van der Waals surface area contributed by atoms with Gasteiger partial charge in [0.2, 0.25) is 5.91 Å². The average Bonchev–Trinajstić information content (AvgIpc) is 2.89. The van der Waals surface area contributed by atoms with Crippen molar-refractivity contribution >= 4 is 17.4 Å². The van der Waals surface area contributed by atoms with E-state index in [0.29, 0.717) is 18.9 Å². The second-order valence-electron chi connectivity index (χ2n) is 8.45. The second kappa shape index (κ2) is 10.9. The van der Waals surface area contributed by atoms with Gasteiger partial charge in [-0.15, -0.1) is 0 Å². The Labute approximate surface area is 196 Å². The number of piperidine rings is 1. The van der Waals surface area contributed by atoms with Gasteiger partial charge < -0.3 is 15.1 Å². The number of rotatable bonds is 8. The summed E-state index contributed by atoms with van der Waals surface area (Å²) in [6.07, 6.45) is 3.68. The largest absolute Gasteiger partial charge is 0.372 e. The Balaban J connectivity index is 1.35. The third kappa shape index (κ3) is 5.69. The van der Waals surface area contributed by atoms with Crippen LogP contribution in [0.3, 0.4) is 0 Å². The Bertz CT molecular complexity index is 1030. The molecule has 1 aliphatic rings. The summed E-state index contributed by atoms with van der Waals surface area (Å²) in [5.41, 5.74) is 3.34. The standard InChI is InChI=1S/C27H33N5O/c1-3-31(4-2)24-14-12-21(13-15-24)19-29-27(33)23-11-8-18-32(20-23)25-16-17-28-26(30-25)22-9-6-5-7-10-22/h5-7,9-10,12-17,23H,3-4,8,11,18-20H2,1-2H3,(H,29,33)/t23-/m1/s1. The van der Waals surface area contributed by atoms with Gasteiger partial charge in [0.1, 0.15) is 5.82 Å². The lowest BCUT2D eigenvalue weighted by atomic mass is 9.97. The van der Waals surface area contributed by atoms with Crippen LogP contribution in [0.4, 0.5) is 11.5 Å². The van der Waals surface area contributed by atoms with Gasteiger partial charge in [0.15, 0.2) is 5.82 Å². The summed E-state index contributed by atoms with van der Waals surface area (Å²) in [7, 11) is 0. The minimum atomic E-state index is -0.0381. The molecule has 6 nitrogen and oxygen atoms in total. The van der Waals surface area contributed by atoms with Crippen molar-refractivity contribution in [2.24, 2.45) is 5.92 Å². The molecule has 1 aromatic heterocycles. The van der Waals surface area contributed by atoms with Crippen LogP contribution in [0.25, 0.3) is 11.4 Å². The van der Waals surface area contributed by atoms with Crippen LogP contribution in [0.5, 0.6) is 0 Å². The van der Waals surface area contributed by atoms with E-state index in [1.54, 1.807) is 6.20 Å². The summed E-state index contributed by atoms with van der Waals surface area (Å²) in [5.74, 6) is 1.68. The SMILES string of the molecule is CCN(CC)c1ccc(CNC(=O)[C@@H]2CCCN(c3ccnc(-c4ccccc4)n3)C2)cc1. The van der Waals surface area contributed by atoms with Crippen LogP contribution in [-0.4, -0.2) is 42.1 Å². The molecule has 1 atom stereocenters. The zero-order valence-electron chi connectivity index (χ0n) is 19.6. The van der Waals surface area contributed by atoms with Crippen LogP contribution >= 0.6 is 0 Å². The fourth-order valence-electron chi connectivity index (χ4n) is 4.40. The lowest BCUT2D eigenvalue weighted by Gasteiger charge is -2.33. The molecule has 0 radical (unpaired) electrons. The quantitative estimate of drug-likeness (QED) is 0.555. The minimum Gasteiger partial charge on any atom is -0.372 e. The number of anilines is 2. The first-order chi connectivity index (χ1) is 16.2. The first-order valence-corrected chi connectivity index (χ1v) is 11.9. The zero-order valence-corrected chi connectivity index (χ0v) is 19.6. The summed E-state index contributed by atoms with van der Waals surface area (Å²) in [4.78, 5) is 26.6. The molecule has 2 heterocycles. The van der Waals surface area contributed by atoms with E-state index in [4.69, 9.17) is 4.98 Å². The van der Waals surface area contributed by atoms with E-state index in [-0.39, 0.29) is 11.8 Å². The maximum Gasteiger partial charge on any atom is 0.225 e. The van der Waals surface area contributed by atoms with E-state index in [0.717, 1.165) is 49.4 Å². The van der Waals surface area contributed by atoms with Crippen molar-refractivity contribution in [2.45, 2.75) is 33.2 Å². The number of nitrogens with zero attached hydrogens (tertiary/aromatic N) is 4. The van der Waals surface area contributed by atoms with Crippen LogP contribution in [0.15, 0.2) is 66.9 Å². The van der Waals surface area contributed by atoms with E-state index < -0.39 is 0 Å². The number of amides is 1. The van der Waals surface area contributed by atoms with Crippen molar-refractivity contribution in [2.75, 3.05) is 36.0 Å². The average molecular weight is 444 g/mol. The molecular weight excluding hydrogens is 410 g/mol. The molecule has 3 aromatic rings. The number of benzene rings is 2. The van der Waals surface area contributed by atoms with Gasteiger partial charge in [0.25, 0.3) is 0 Å². The van der Waals surface area contributed by atoms with Crippen LogP contribution in [0, 0.1) is 5.92 Å². The summed E-state index contributed by atoms with van der Waals surface area (Å²) in [6, 6.07) is 20.4. The Kier molecular flexibility index (Phi) is 7.55. The highest BCUT2D eigenvalue weighted by molar-refractivity contribution is 5.79. The van der Waals surface area contributed by atoms with Gasteiger partial charge in [-0.1, -0.05) is 42.5 Å². The molecule has 1 amide bonds. The second-order valence-corrected chi connectivity index (χ2v) is 8.45. The predicted molar refractivity (Wildman–Crippen MR) is 134 cm³/mol. The third-order valence-corrected chi connectivity index (χ3v) is 6.32. The van der Waals surface area contributed by atoms with Crippen molar-refractivity contribution < 1.29 is 4.79 Å². The number of hydrogen-bond acceptors (Lipinski definition) is 5. The Morgan fingerprint density at radius 2 is 1.82 bits per heavy atom. The molecule has 0 saturated carbocycles. The highest BCUT2D eigenvalue weighted by Crippen LogP contribution is 2.24. The molecule has 0 spiro atoms. The molecule has 4 rings (SSSR count). The highest BCUT2D eigenvalue weighted by atomic mass is 16.1. The van der Waals surface area contributed by atoms with Crippen LogP contribution in [-0.2, 0) is 11.3 Å². The molecule has 6 heteroatoms. The summed E-state index contributed by atoms with van der Waals surface area (Å²) in [6.45, 7) is 8.44. The molecule has 1 fully saturated rings. The topological polar surface area (TPSA) is 61.4 Å². The maximum atomic E-state index is 12.9. The van der Waals surface area contributed by atoms with Crippen molar-refractivity contribution in [3.05, 3.63) is 72.4 Å². The molecule has 33 heavy (non-hydrogen) atoms. The van der Waals surface area contributed by atoms with E-state index in [2.05, 4.69) is 58.2 Å². The van der Waals surface area contributed by atoms with Crippen molar-refractivity contribution in [1.29, 1.82) is 0 Å². The summed E-state index contributed by atoms with van der Waals surface area (Å²) < 4.78 is 0. The van der Waals surface area contributed by atoms with E-state index in [1.165, 1.54) is 5.69 Å². The third-order valence-electron chi connectivity index (χ3n) is 6.32. The van der Waals surface area contributed by atoms with Gasteiger partial charge >= 0.3 is 0 Å². The molecule has 1 N–H and O–H groups in total. The van der Waals surface area contributed by atoms with Crippen LogP contribution < -0.4 is 15.1 Å². The summed E-state index contributed by atoms with van der Waals surface area (Å²) >= 11 is 0. The van der Waals surface area contributed by atoms with E-state index in [9.17, 15) is 4.79 Å². The number of aromatic nitrogens is 2. The predicted octanol–water partition coefficient (Wildman–Crippen LogP) is 4.52. The van der Waals surface area contributed by atoms with Crippen LogP contribution in [0.2, 0.25) is 0 Å². The van der Waals surface area contributed by atoms with Gasteiger partial charge in [0, 0.05) is 50.2 Å². The number of hydrogen-bond donors (Lipinski definition) is 1. The first-order valence-electron chi connectivity index (χ1n) is 11.9. The monoisotopic (exact) mass is 443 g/mol. The number of nitrogens with one attached hydrogen (secondary N) is 1. The molecule has 0 unspecified atom stereocenters. The van der Waals surface area contributed by atoms with Gasteiger partial charge in [-0.05, 0) is 50.5 Å². The molecule has 0 bridgehead atoms. The summed E-state index contributed by atoms with van der Waals surface area (Å²) in [5, 5.41) is 3.14. The van der Waals surface area contributed by atoms with Gasteiger partial charge in [0.05, 0.1) is 5.92 Å². The number of carbonyl (C=O) groups excluding carboxylic acids is 1. The van der Waals surface area contributed by atoms with E-state index >= 15 is 0 Å². The van der Waals surface area contributed by atoms with Crippen LogP contribution in [0.1, 0.15) is 32.3 Å². The lowest BCUT2D eigenvalue weighted by Crippen LogP contribution is -2.43. The van der Waals surface area contributed by atoms with Gasteiger partial charge in [-0.2, -0.15) is 0 Å². The first kappa shape index (κ1) is 22.8. The molecule has 172 valence electrons. The van der Waals surface area contributed by atoms with Crippen molar-refractivity contribution in [3.8, 4) is 11.4 Å². The molecule has 1 saturated heterocycles. The zero-order chi connectivity index (χ0) is 23.0. The fraction of sp³-hybridized carbons (Fsp3) is 0.370. The molecular formula is C27H33N5O. The minimum absolute atomic E-state index is 0.0381. The van der Waals surface area contributed by atoms with Gasteiger partial charge in [-0.3, -0.25) is 4.79 Å². The fourth-order valence-corrected chi connectivity index (χ4v) is 4.40. The molecule has 0 aliphatic carbocycles. The Morgan fingerprint density at radius 3 is 2.55 bits per heavy atom. The van der Waals surface area contributed by atoms with Crippen molar-refractivity contribution in [1.82, 2.24) is 15.3 Å². The molecule has 1 aliphatic heterocycles. The van der Waals surface area contributed by atoms with E-state index in [1.807, 2.05) is 36.4 Å². The Hall–Kier alpha value is -3.41. The molecule has 2 aromatic carbocycles. The normalized spacial score (nSPS) is 15.8. The Morgan fingerprint density at radius 1 is 1.06 bits per heavy atom. The number of carbonyl (C=O) groups is 1. The van der Waals surface area contributed by atoms with Crippen molar-refractivity contribution in [3.63, 3.8) is 0 Å². The highest BCUT2D eigenvalue weighted by Gasteiger charge is 2.26. The smallest absolute Gasteiger partial charge is 0.225 e. The maximum absolute atomic E-state index is 12.9. The van der Waals surface area contributed by atoms with Gasteiger partial charge in [-0.25, -0.2) is 9.97 Å². The lowest BCUT2D eigenvalue weighted by molar-refractivity contribution is -0.125.